The van der Waals surface area contributed by atoms with Crippen LogP contribution in [0.5, 0.6) is 11.5 Å². The van der Waals surface area contributed by atoms with E-state index in [1.54, 1.807) is 19.1 Å². The Kier molecular flexibility index (Phi) is 6.99. The summed E-state index contributed by atoms with van der Waals surface area (Å²) >= 11 is 5.93. The van der Waals surface area contributed by atoms with E-state index in [-0.39, 0.29) is 24.3 Å². The number of rotatable bonds is 6. The van der Waals surface area contributed by atoms with E-state index in [9.17, 15) is 23.1 Å². The Labute approximate surface area is 188 Å². The fourth-order valence-corrected chi connectivity index (χ4v) is 3.46. The Morgan fingerprint density at radius 2 is 1.84 bits per heavy atom. The minimum atomic E-state index is -4.41. The first-order valence-corrected chi connectivity index (χ1v) is 10.1. The van der Waals surface area contributed by atoms with E-state index in [0.717, 1.165) is 23.3 Å². The molecule has 3 rings (SSSR count). The monoisotopic (exact) mass is 463 g/mol. The van der Waals surface area contributed by atoms with Crippen molar-refractivity contribution in [1.29, 1.82) is 0 Å². The van der Waals surface area contributed by atoms with Gasteiger partial charge in [0, 0.05) is 11.4 Å². The molecule has 0 unspecified atom stereocenters. The number of alkyl halides is 3. The van der Waals surface area contributed by atoms with E-state index >= 15 is 0 Å². The zero-order valence-electron chi connectivity index (χ0n) is 17.4. The highest BCUT2D eigenvalue weighted by molar-refractivity contribution is 6.31. The first kappa shape index (κ1) is 23.5. The van der Waals surface area contributed by atoms with Crippen LogP contribution in [0.4, 0.5) is 18.9 Å². The molecule has 0 heterocycles. The fourth-order valence-electron chi connectivity index (χ4n) is 3.29. The van der Waals surface area contributed by atoms with Crippen LogP contribution < -0.4 is 10.1 Å². The fraction of sp³-hybridized carbons (Fsp3) is 0.208. The second kappa shape index (κ2) is 9.53. The van der Waals surface area contributed by atoms with Gasteiger partial charge < -0.3 is 15.2 Å². The Morgan fingerprint density at radius 1 is 1.09 bits per heavy atom. The van der Waals surface area contributed by atoms with Gasteiger partial charge in [0.25, 0.3) is 5.91 Å². The highest BCUT2D eigenvalue weighted by Gasteiger charge is 2.30. The van der Waals surface area contributed by atoms with Gasteiger partial charge in [0.2, 0.25) is 0 Å². The molecule has 32 heavy (non-hydrogen) atoms. The Morgan fingerprint density at radius 3 is 2.56 bits per heavy atom. The third-order valence-corrected chi connectivity index (χ3v) is 5.00. The van der Waals surface area contributed by atoms with E-state index in [2.05, 4.69) is 5.32 Å². The van der Waals surface area contributed by atoms with Crippen LogP contribution in [0.15, 0.2) is 54.6 Å². The molecule has 0 radical (unpaired) electrons. The molecule has 1 amide bonds. The summed E-state index contributed by atoms with van der Waals surface area (Å²) in [6.45, 7) is 3.77. The number of amides is 1. The standard InChI is InChI=1S/C24H21ClF3NO3/c1-14-10-15(2)22(32-9-8-16-4-3-5-17(12-16)24(26,27)28)20(11-14)29-23(31)19-13-18(25)6-7-21(19)30/h3-7,10-13,30H,8-9H2,1-2H3,(H,29,31). The van der Waals surface area contributed by atoms with Gasteiger partial charge in [0.05, 0.1) is 23.4 Å². The van der Waals surface area contributed by atoms with E-state index in [1.807, 2.05) is 13.0 Å². The summed E-state index contributed by atoms with van der Waals surface area (Å²) in [5.41, 5.74) is 1.79. The topological polar surface area (TPSA) is 58.6 Å². The van der Waals surface area contributed by atoms with Crippen LogP contribution in [0.25, 0.3) is 0 Å². The van der Waals surface area contributed by atoms with Crippen molar-refractivity contribution in [2.45, 2.75) is 26.4 Å². The van der Waals surface area contributed by atoms with Crippen molar-refractivity contribution in [2.24, 2.45) is 0 Å². The lowest BCUT2D eigenvalue weighted by atomic mass is 10.1. The smallest absolute Gasteiger partial charge is 0.416 e. The van der Waals surface area contributed by atoms with Crippen molar-refractivity contribution >= 4 is 23.2 Å². The quantitative estimate of drug-likeness (QED) is 0.435. The maximum Gasteiger partial charge on any atom is 0.416 e. The number of anilines is 1. The van der Waals surface area contributed by atoms with E-state index in [1.165, 1.54) is 24.3 Å². The Hall–Kier alpha value is -3.19. The molecule has 0 aliphatic rings. The lowest BCUT2D eigenvalue weighted by Gasteiger charge is -2.17. The summed E-state index contributed by atoms with van der Waals surface area (Å²) in [5.74, 6) is -0.390. The third kappa shape index (κ3) is 5.73. The molecule has 8 heteroatoms. The average molecular weight is 464 g/mol. The zero-order valence-corrected chi connectivity index (χ0v) is 18.1. The van der Waals surface area contributed by atoms with E-state index in [4.69, 9.17) is 16.3 Å². The predicted molar refractivity (Wildman–Crippen MR) is 118 cm³/mol. The molecule has 0 aliphatic heterocycles. The van der Waals surface area contributed by atoms with Gasteiger partial charge in [-0.1, -0.05) is 35.9 Å². The number of aryl methyl sites for hydroxylation is 2. The molecule has 3 aromatic carbocycles. The molecular formula is C24H21ClF3NO3. The number of phenols is 1. The second-order valence-electron chi connectivity index (χ2n) is 7.37. The van der Waals surface area contributed by atoms with Crippen LogP contribution >= 0.6 is 11.6 Å². The molecule has 4 nitrogen and oxygen atoms in total. The number of nitrogens with one attached hydrogen (secondary N) is 1. The number of aromatic hydroxyl groups is 1. The summed E-state index contributed by atoms with van der Waals surface area (Å²) in [6, 6.07) is 12.8. The zero-order chi connectivity index (χ0) is 23.5. The molecule has 0 saturated carbocycles. The molecule has 2 N–H and O–H groups in total. The number of hydrogen-bond acceptors (Lipinski definition) is 3. The highest BCUT2D eigenvalue weighted by Crippen LogP contribution is 2.33. The Bertz CT molecular complexity index is 1150. The molecule has 0 aromatic heterocycles. The van der Waals surface area contributed by atoms with Crippen LogP contribution in [-0.2, 0) is 12.6 Å². The van der Waals surface area contributed by atoms with Gasteiger partial charge >= 0.3 is 6.18 Å². The van der Waals surface area contributed by atoms with Gasteiger partial charge in [-0.15, -0.1) is 0 Å². The molecule has 0 saturated heterocycles. The summed E-state index contributed by atoms with van der Waals surface area (Å²) in [6.07, 6.45) is -4.16. The van der Waals surface area contributed by atoms with Crippen molar-refractivity contribution in [3.05, 3.63) is 87.4 Å². The molecule has 168 valence electrons. The minimum absolute atomic E-state index is 0.00609. The maximum absolute atomic E-state index is 12.9. The summed E-state index contributed by atoms with van der Waals surface area (Å²) < 4.78 is 44.6. The van der Waals surface area contributed by atoms with Crippen LogP contribution in [0.3, 0.4) is 0 Å². The van der Waals surface area contributed by atoms with Gasteiger partial charge in [-0.2, -0.15) is 13.2 Å². The van der Waals surface area contributed by atoms with Crippen molar-refractivity contribution in [3.63, 3.8) is 0 Å². The minimum Gasteiger partial charge on any atom is -0.507 e. The van der Waals surface area contributed by atoms with Gasteiger partial charge in [-0.3, -0.25) is 4.79 Å². The first-order chi connectivity index (χ1) is 15.0. The molecule has 0 fully saturated rings. The normalized spacial score (nSPS) is 11.3. The summed E-state index contributed by atoms with van der Waals surface area (Å²) in [5, 5.41) is 13.0. The average Bonchev–Trinajstić information content (AvgIpc) is 2.71. The lowest BCUT2D eigenvalue weighted by Crippen LogP contribution is -2.14. The van der Waals surface area contributed by atoms with Gasteiger partial charge in [0.1, 0.15) is 11.5 Å². The molecule has 0 bridgehead atoms. The SMILES string of the molecule is Cc1cc(C)c(OCCc2cccc(C(F)(F)F)c2)c(NC(=O)c2cc(Cl)ccc2O)c1. The Balaban J connectivity index is 1.78. The van der Waals surface area contributed by atoms with Crippen molar-refractivity contribution in [3.8, 4) is 11.5 Å². The number of hydrogen-bond donors (Lipinski definition) is 2. The number of benzene rings is 3. The van der Waals surface area contributed by atoms with Crippen molar-refractivity contribution < 1.29 is 27.8 Å². The van der Waals surface area contributed by atoms with E-state index < -0.39 is 17.6 Å². The largest absolute Gasteiger partial charge is 0.507 e. The van der Waals surface area contributed by atoms with Gasteiger partial charge in [0.15, 0.2) is 0 Å². The van der Waals surface area contributed by atoms with Crippen LogP contribution in [0.1, 0.15) is 32.6 Å². The summed E-state index contributed by atoms with van der Waals surface area (Å²) in [4.78, 5) is 12.7. The second-order valence-corrected chi connectivity index (χ2v) is 7.81. The van der Waals surface area contributed by atoms with E-state index in [0.29, 0.717) is 22.0 Å². The molecule has 0 atom stereocenters. The molecular weight excluding hydrogens is 443 g/mol. The van der Waals surface area contributed by atoms with Gasteiger partial charge in [-0.05, 0) is 60.9 Å². The van der Waals surface area contributed by atoms with Crippen LogP contribution in [-0.4, -0.2) is 17.6 Å². The summed E-state index contributed by atoms with van der Waals surface area (Å²) in [7, 11) is 0. The molecule has 3 aromatic rings. The van der Waals surface area contributed by atoms with Gasteiger partial charge in [-0.25, -0.2) is 0 Å². The number of phenolic OH excluding ortho intramolecular Hbond substituents is 1. The van der Waals surface area contributed by atoms with Crippen molar-refractivity contribution in [2.75, 3.05) is 11.9 Å². The van der Waals surface area contributed by atoms with Crippen molar-refractivity contribution in [1.82, 2.24) is 0 Å². The van der Waals surface area contributed by atoms with Crippen LogP contribution in [0, 0.1) is 13.8 Å². The number of ether oxygens (including phenoxy) is 1. The predicted octanol–water partition coefficient (Wildman–Crippen LogP) is 6.56. The molecule has 0 spiro atoms. The third-order valence-electron chi connectivity index (χ3n) is 4.76. The number of carbonyl (C=O) groups is 1. The lowest BCUT2D eigenvalue weighted by molar-refractivity contribution is -0.137. The first-order valence-electron chi connectivity index (χ1n) is 9.74. The number of halogens is 4. The number of carbonyl (C=O) groups excluding carboxylic acids is 1. The highest BCUT2D eigenvalue weighted by atomic mass is 35.5. The maximum atomic E-state index is 12.9. The van der Waals surface area contributed by atoms with Crippen LogP contribution in [0.2, 0.25) is 5.02 Å². The molecule has 0 aliphatic carbocycles.